The van der Waals surface area contributed by atoms with Gasteiger partial charge in [0.05, 0.1) is 22.0 Å². The van der Waals surface area contributed by atoms with E-state index in [9.17, 15) is 35.5 Å². The summed E-state index contributed by atoms with van der Waals surface area (Å²) in [6, 6.07) is 5.92. The minimum absolute atomic E-state index is 0.0206. The van der Waals surface area contributed by atoms with E-state index in [1.54, 1.807) is 37.8 Å². The smallest absolute Gasteiger partial charge is 0.350 e. The van der Waals surface area contributed by atoms with E-state index in [0.29, 0.717) is 31.5 Å². The SMILES string of the molecule is CC(C)(C)[C@@H](NC(=S)Nc1cc(C(F)(F)F)cc(C(F)(F)F)c1)C(=O)N1CCC[C@@]1(C)c1ccc(F)cc1.ClCCl. The van der Waals surface area contributed by atoms with Crippen molar-refractivity contribution in [1.29, 1.82) is 0 Å². The Morgan fingerprint density at radius 3 is 1.93 bits per heavy atom. The van der Waals surface area contributed by atoms with Gasteiger partial charge in [-0.25, -0.2) is 4.39 Å². The van der Waals surface area contributed by atoms with Gasteiger partial charge in [-0.3, -0.25) is 4.79 Å². The number of hydrogen-bond acceptors (Lipinski definition) is 2. The standard InChI is InChI=1S/C26H28F7N3OS.CH2Cl2/c1-23(2,3)20(21(37)36-11-5-10-24(36,4)15-6-8-18(27)9-7-15)35-22(38)34-19-13-16(25(28,29)30)12-17(14-19)26(31,32)33;2-1-3/h6-9,12-14,20H,5,10-11H2,1-4H3,(H2,34,35,38);1H2/t20-,24-;/m0./s1. The van der Waals surface area contributed by atoms with Gasteiger partial charge >= 0.3 is 12.4 Å². The molecule has 41 heavy (non-hydrogen) atoms. The molecule has 0 saturated carbocycles. The topological polar surface area (TPSA) is 44.4 Å². The minimum Gasteiger partial charge on any atom is -0.350 e. The average molecular weight is 649 g/mol. The molecule has 2 atom stereocenters. The highest BCUT2D eigenvalue weighted by molar-refractivity contribution is 7.80. The molecule has 0 bridgehead atoms. The Labute approximate surface area is 249 Å². The Balaban J connectivity index is 0.00000187. The molecule has 3 rings (SSSR count). The van der Waals surface area contributed by atoms with Crippen LogP contribution in [0.3, 0.4) is 0 Å². The maximum Gasteiger partial charge on any atom is 0.416 e. The van der Waals surface area contributed by atoms with E-state index in [-0.39, 0.29) is 22.4 Å². The van der Waals surface area contributed by atoms with Crippen molar-refractivity contribution in [3.8, 4) is 0 Å². The van der Waals surface area contributed by atoms with Crippen LogP contribution in [0.1, 0.15) is 57.2 Å². The largest absolute Gasteiger partial charge is 0.416 e. The number of benzene rings is 2. The highest BCUT2D eigenvalue weighted by atomic mass is 35.5. The Bertz CT molecular complexity index is 1190. The molecule has 0 aromatic heterocycles. The number of nitrogens with one attached hydrogen (secondary N) is 2. The Hall–Kier alpha value is -2.31. The van der Waals surface area contributed by atoms with Gasteiger partial charge in [-0.05, 0) is 73.3 Å². The fourth-order valence-electron chi connectivity index (χ4n) is 4.56. The number of alkyl halides is 8. The number of carbonyl (C=O) groups excluding carboxylic acids is 1. The van der Waals surface area contributed by atoms with Crippen molar-refractivity contribution in [2.24, 2.45) is 5.41 Å². The summed E-state index contributed by atoms with van der Waals surface area (Å²) in [6.07, 6.45) is -8.73. The van der Waals surface area contributed by atoms with E-state index in [4.69, 9.17) is 35.4 Å². The normalized spacial score (nSPS) is 18.3. The Morgan fingerprint density at radius 1 is 1.00 bits per heavy atom. The van der Waals surface area contributed by atoms with E-state index in [1.165, 1.54) is 12.1 Å². The summed E-state index contributed by atoms with van der Waals surface area (Å²) in [5.74, 6) is -0.770. The molecule has 2 aromatic carbocycles. The van der Waals surface area contributed by atoms with Crippen molar-refractivity contribution < 1.29 is 35.5 Å². The number of rotatable bonds is 4. The highest BCUT2D eigenvalue weighted by Gasteiger charge is 2.46. The number of thiocarbonyl (C=S) groups is 1. The number of likely N-dealkylation sites (tertiary alicyclic amines) is 1. The molecular weight excluding hydrogens is 618 g/mol. The van der Waals surface area contributed by atoms with E-state index in [1.807, 2.05) is 6.92 Å². The molecule has 2 aromatic rings. The predicted octanol–water partition coefficient (Wildman–Crippen LogP) is 8.52. The molecule has 2 N–H and O–H groups in total. The van der Waals surface area contributed by atoms with Crippen molar-refractivity contribution >= 4 is 52.1 Å². The van der Waals surface area contributed by atoms with Gasteiger partial charge in [-0.1, -0.05) is 32.9 Å². The Morgan fingerprint density at radius 2 is 1.49 bits per heavy atom. The lowest BCUT2D eigenvalue weighted by molar-refractivity contribution is -0.143. The lowest BCUT2D eigenvalue weighted by Gasteiger charge is -2.41. The zero-order valence-corrected chi connectivity index (χ0v) is 24.9. The van der Waals surface area contributed by atoms with Gasteiger partial charge in [-0.2, -0.15) is 26.3 Å². The second kappa shape index (κ2) is 13.3. The van der Waals surface area contributed by atoms with Gasteiger partial charge in [0.15, 0.2) is 5.11 Å². The monoisotopic (exact) mass is 647 g/mol. The molecule has 228 valence electrons. The molecule has 1 aliphatic heterocycles. The predicted molar refractivity (Wildman–Crippen MR) is 150 cm³/mol. The van der Waals surface area contributed by atoms with Crippen LogP contribution in [-0.2, 0) is 22.7 Å². The van der Waals surface area contributed by atoms with Crippen LogP contribution < -0.4 is 10.6 Å². The zero-order chi connectivity index (χ0) is 31.4. The molecule has 0 spiro atoms. The van der Waals surface area contributed by atoms with E-state index in [0.717, 1.165) is 5.56 Å². The molecule has 0 aliphatic carbocycles. The quantitative estimate of drug-likeness (QED) is 0.198. The summed E-state index contributed by atoms with van der Waals surface area (Å²) < 4.78 is 92.9. The second-order valence-electron chi connectivity index (χ2n) is 10.7. The fraction of sp³-hybridized carbons (Fsp3) is 0.481. The highest BCUT2D eigenvalue weighted by Crippen LogP contribution is 2.41. The summed E-state index contributed by atoms with van der Waals surface area (Å²) >= 11 is 14.7. The first kappa shape index (κ1) is 34.9. The van der Waals surface area contributed by atoms with E-state index < -0.39 is 52.0 Å². The molecule has 1 fully saturated rings. The molecule has 14 heteroatoms. The summed E-state index contributed by atoms with van der Waals surface area (Å²) in [6.45, 7) is 7.53. The first-order chi connectivity index (χ1) is 18.7. The minimum atomic E-state index is -5.02. The van der Waals surface area contributed by atoms with Gasteiger partial charge in [-0.15, -0.1) is 23.2 Å². The lowest BCUT2D eigenvalue weighted by Crippen LogP contribution is -2.58. The van der Waals surface area contributed by atoms with Gasteiger partial charge in [0, 0.05) is 12.2 Å². The lowest BCUT2D eigenvalue weighted by atomic mass is 9.83. The van der Waals surface area contributed by atoms with Crippen LogP contribution in [-0.4, -0.2) is 33.8 Å². The first-order valence-corrected chi connectivity index (χ1v) is 13.8. The zero-order valence-electron chi connectivity index (χ0n) is 22.6. The summed E-state index contributed by atoms with van der Waals surface area (Å²) in [4.78, 5) is 15.5. The first-order valence-electron chi connectivity index (χ1n) is 12.3. The van der Waals surface area contributed by atoms with Gasteiger partial charge < -0.3 is 15.5 Å². The average Bonchev–Trinajstić information content (AvgIpc) is 3.23. The van der Waals surface area contributed by atoms with Crippen molar-refractivity contribution in [3.05, 3.63) is 65.0 Å². The molecular formula is C27H30Cl2F7N3OS. The van der Waals surface area contributed by atoms with Crippen LogP contribution in [0.2, 0.25) is 0 Å². The molecule has 0 radical (unpaired) electrons. The van der Waals surface area contributed by atoms with Crippen molar-refractivity contribution in [1.82, 2.24) is 10.2 Å². The van der Waals surface area contributed by atoms with Crippen molar-refractivity contribution in [2.75, 3.05) is 17.2 Å². The molecule has 1 aliphatic rings. The van der Waals surface area contributed by atoms with Crippen LogP contribution in [0, 0.1) is 11.2 Å². The number of halogens is 9. The maximum atomic E-state index is 13.8. The third-order valence-electron chi connectivity index (χ3n) is 6.61. The van der Waals surface area contributed by atoms with Gasteiger partial charge in [0.1, 0.15) is 11.9 Å². The fourth-order valence-corrected chi connectivity index (χ4v) is 4.79. The Kier molecular flexibility index (Phi) is 11.3. The molecule has 4 nitrogen and oxygen atoms in total. The number of carbonyl (C=O) groups is 1. The number of nitrogens with zero attached hydrogens (tertiary/aromatic N) is 1. The number of anilines is 1. The number of hydrogen-bond donors (Lipinski definition) is 2. The van der Waals surface area contributed by atoms with Crippen LogP contribution >= 0.6 is 35.4 Å². The second-order valence-corrected chi connectivity index (χ2v) is 11.9. The van der Waals surface area contributed by atoms with E-state index in [2.05, 4.69) is 10.6 Å². The number of amides is 1. The van der Waals surface area contributed by atoms with Crippen LogP contribution in [0.5, 0.6) is 0 Å². The third kappa shape index (κ3) is 9.09. The van der Waals surface area contributed by atoms with Crippen LogP contribution in [0.15, 0.2) is 42.5 Å². The van der Waals surface area contributed by atoms with Crippen LogP contribution in [0.4, 0.5) is 36.4 Å². The van der Waals surface area contributed by atoms with Crippen molar-refractivity contribution in [2.45, 2.75) is 64.5 Å². The maximum absolute atomic E-state index is 13.8. The summed E-state index contributed by atoms with van der Waals surface area (Å²) in [5.41, 5.74) is -4.27. The van der Waals surface area contributed by atoms with Gasteiger partial charge in [0.2, 0.25) is 5.91 Å². The van der Waals surface area contributed by atoms with Crippen LogP contribution in [0.25, 0.3) is 0 Å². The molecule has 1 amide bonds. The van der Waals surface area contributed by atoms with E-state index >= 15 is 0 Å². The van der Waals surface area contributed by atoms with Crippen molar-refractivity contribution in [3.63, 3.8) is 0 Å². The molecule has 0 unspecified atom stereocenters. The summed E-state index contributed by atoms with van der Waals surface area (Å²) in [7, 11) is 0. The third-order valence-corrected chi connectivity index (χ3v) is 6.83. The molecule has 1 saturated heterocycles. The summed E-state index contributed by atoms with van der Waals surface area (Å²) in [5, 5.41) is 5.07. The molecule has 1 heterocycles. The van der Waals surface area contributed by atoms with Gasteiger partial charge in [0.25, 0.3) is 0 Å².